The quantitative estimate of drug-likeness (QED) is 0.446. The minimum atomic E-state index is -0.696. The molecule has 0 aromatic rings. The summed E-state index contributed by atoms with van der Waals surface area (Å²) in [7, 11) is 4.94. The second kappa shape index (κ2) is 8.05. The fourth-order valence-corrected chi connectivity index (χ4v) is 1.63. The van der Waals surface area contributed by atoms with Gasteiger partial charge < -0.3 is 19.7 Å². The van der Waals surface area contributed by atoms with E-state index in [1.165, 1.54) is 14.2 Å². The zero-order valence-electron chi connectivity index (χ0n) is 11.6. The second-order valence-electron chi connectivity index (χ2n) is 4.34. The third-order valence-electron chi connectivity index (χ3n) is 2.92. The van der Waals surface area contributed by atoms with Gasteiger partial charge in [0, 0.05) is 40.4 Å². The summed E-state index contributed by atoms with van der Waals surface area (Å²) in [5.41, 5.74) is 2.57. The molecule has 0 aliphatic carbocycles. The second-order valence-corrected chi connectivity index (χ2v) is 4.34. The number of piperazine rings is 1. The van der Waals surface area contributed by atoms with Gasteiger partial charge in [0.25, 0.3) is 0 Å². The predicted octanol–water partition coefficient (Wildman–Crippen LogP) is -2.00. The summed E-state index contributed by atoms with van der Waals surface area (Å²) in [5.74, 6) is -1.37. The van der Waals surface area contributed by atoms with Crippen LogP contribution >= 0.6 is 0 Å². The third kappa shape index (κ3) is 5.52. The molecule has 2 N–H and O–H groups in total. The van der Waals surface area contributed by atoms with E-state index in [1.54, 1.807) is 5.01 Å². The Kier molecular flexibility index (Phi) is 6.71. The molecule has 0 radical (unpaired) electrons. The van der Waals surface area contributed by atoms with Crippen LogP contribution in [0.3, 0.4) is 0 Å². The number of nitrogens with one attached hydrogen (secondary N) is 2. The van der Waals surface area contributed by atoms with E-state index in [-0.39, 0.29) is 6.54 Å². The van der Waals surface area contributed by atoms with Crippen molar-refractivity contribution in [3.05, 3.63) is 0 Å². The summed E-state index contributed by atoms with van der Waals surface area (Å²) in [6, 6.07) is 0. The highest BCUT2D eigenvalue weighted by Gasteiger charge is 2.20. The summed E-state index contributed by atoms with van der Waals surface area (Å²) in [6.45, 7) is 3.25. The first kappa shape index (κ1) is 15.8. The Hall–Kier alpha value is -1.22. The van der Waals surface area contributed by atoms with Crippen LogP contribution in [0.15, 0.2) is 0 Å². The Bertz CT molecular complexity index is 301. The fraction of sp³-hybridized carbons (Fsp3) is 0.818. The molecule has 0 spiro atoms. The van der Waals surface area contributed by atoms with Gasteiger partial charge in [-0.05, 0) is 7.05 Å². The Morgan fingerprint density at radius 2 is 1.68 bits per heavy atom. The van der Waals surface area contributed by atoms with Crippen LogP contribution in [0.2, 0.25) is 0 Å². The number of rotatable bonds is 5. The number of hydrogen-bond acceptors (Lipinski definition) is 6. The molecule has 0 unspecified atom stereocenters. The molecular weight excluding hydrogens is 252 g/mol. The van der Waals surface area contributed by atoms with Crippen molar-refractivity contribution in [1.29, 1.82) is 0 Å². The van der Waals surface area contributed by atoms with Crippen LogP contribution in [0.1, 0.15) is 0 Å². The van der Waals surface area contributed by atoms with E-state index >= 15 is 0 Å². The van der Waals surface area contributed by atoms with Crippen LogP contribution in [0, 0.1) is 0 Å². The van der Waals surface area contributed by atoms with Gasteiger partial charge in [-0.3, -0.25) is 15.0 Å². The Morgan fingerprint density at radius 3 is 2.21 bits per heavy atom. The molecule has 110 valence electrons. The molecule has 1 fully saturated rings. The van der Waals surface area contributed by atoms with Gasteiger partial charge in [-0.2, -0.15) is 0 Å². The van der Waals surface area contributed by atoms with Crippen molar-refractivity contribution in [2.75, 3.05) is 54.0 Å². The molecule has 1 rings (SSSR count). The number of likely N-dealkylation sites (N-methyl/N-ethyl adjacent to an activating group) is 1. The standard InChI is InChI=1S/C11H22N4O4/c1-14-4-6-15(7-5-14)13-11(17)10(16)12-8-9(18-2)19-3/h9H,4-8H2,1-3H3,(H,12,16)(H,13,17). The zero-order chi connectivity index (χ0) is 14.3. The summed E-state index contributed by atoms with van der Waals surface area (Å²) in [6.07, 6.45) is -0.555. The predicted molar refractivity (Wildman–Crippen MR) is 68.0 cm³/mol. The van der Waals surface area contributed by atoms with Crippen molar-refractivity contribution in [2.45, 2.75) is 6.29 Å². The third-order valence-corrected chi connectivity index (χ3v) is 2.92. The smallest absolute Gasteiger partial charge is 0.323 e. The van der Waals surface area contributed by atoms with E-state index in [1.807, 2.05) is 7.05 Å². The Morgan fingerprint density at radius 1 is 1.11 bits per heavy atom. The number of carbonyl (C=O) groups is 2. The molecule has 1 aliphatic rings. The van der Waals surface area contributed by atoms with E-state index in [0.29, 0.717) is 13.1 Å². The van der Waals surface area contributed by atoms with Gasteiger partial charge in [0.05, 0.1) is 6.54 Å². The maximum Gasteiger partial charge on any atom is 0.323 e. The summed E-state index contributed by atoms with van der Waals surface area (Å²) in [5, 5.41) is 4.19. The number of amides is 2. The first-order chi connectivity index (χ1) is 9.06. The van der Waals surface area contributed by atoms with Crippen molar-refractivity contribution < 1.29 is 19.1 Å². The number of ether oxygens (including phenoxy) is 2. The molecule has 8 heteroatoms. The fourth-order valence-electron chi connectivity index (χ4n) is 1.63. The van der Waals surface area contributed by atoms with Gasteiger partial charge in [0.1, 0.15) is 0 Å². The van der Waals surface area contributed by atoms with Crippen LogP contribution in [0.5, 0.6) is 0 Å². The van der Waals surface area contributed by atoms with Crippen LogP contribution in [-0.2, 0) is 19.1 Å². The SMILES string of the molecule is COC(CNC(=O)C(=O)NN1CCN(C)CC1)OC. The van der Waals surface area contributed by atoms with Crippen LogP contribution in [-0.4, -0.2) is 82.0 Å². The topological polar surface area (TPSA) is 83.1 Å². The van der Waals surface area contributed by atoms with Crippen molar-refractivity contribution >= 4 is 11.8 Å². The van der Waals surface area contributed by atoms with E-state index < -0.39 is 18.1 Å². The Balaban J connectivity index is 2.26. The van der Waals surface area contributed by atoms with Gasteiger partial charge in [-0.25, -0.2) is 5.01 Å². The lowest BCUT2D eigenvalue weighted by Gasteiger charge is -2.32. The van der Waals surface area contributed by atoms with Gasteiger partial charge in [-0.1, -0.05) is 0 Å². The molecule has 0 aromatic carbocycles. The van der Waals surface area contributed by atoms with Crippen LogP contribution < -0.4 is 10.7 Å². The molecule has 0 saturated carbocycles. The molecule has 1 saturated heterocycles. The molecule has 2 amide bonds. The van der Waals surface area contributed by atoms with Crippen molar-refractivity contribution in [3.63, 3.8) is 0 Å². The average molecular weight is 274 g/mol. The van der Waals surface area contributed by atoms with E-state index in [0.717, 1.165) is 13.1 Å². The molecule has 1 heterocycles. The first-order valence-corrected chi connectivity index (χ1v) is 6.14. The molecule has 0 atom stereocenters. The molecule has 0 aromatic heterocycles. The monoisotopic (exact) mass is 274 g/mol. The zero-order valence-corrected chi connectivity index (χ0v) is 11.6. The van der Waals surface area contributed by atoms with Crippen LogP contribution in [0.4, 0.5) is 0 Å². The van der Waals surface area contributed by atoms with E-state index in [2.05, 4.69) is 15.6 Å². The highest BCUT2D eigenvalue weighted by atomic mass is 16.7. The number of methoxy groups -OCH3 is 2. The lowest BCUT2D eigenvalue weighted by Crippen LogP contribution is -2.55. The number of hydrogen-bond donors (Lipinski definition) is 2. The lowest BCUT2D eigenvalue weighted by molar-refractivity contribution is -0.144. The van der Waals surface area contributed by atoms with E-state index in [9.17, 15) is 9.59 Å². The summed E-state index contributed by atoms with van der Waals surface area (Å²) in [4.78, 5) is 25.3. The Labute approximate surface area is 113 Å². The molecule has 0 bridgehead atoms. The average Bonchev–Trinajstić information content (AvgIpc) is 2.42. The highest BCUT2D eigenvalue weighted by Crippen LogP contribution is 1.95. The number of carbonyl (C=O) groups excluding carboxylic acids is 2. The van der Waals surface area contributed by atoms with E-state index in [4.69, 9.17) is 9.47 Å². The first-order valence-electron chi connectivity index (χ1n) is 6.14. The lowest BCUT2D eigenvalue weighted by atomic mass is 10.4. The normalized spacial score (nSPS) is 17.5. The number of nitrogens with zero attached hydrogens (tertiary/aromatic N) is 2. The minimum Gasteiger partial charge on any atom is -0.354 e. The molecule has 1 aliphatic heterocycles. The number of hydrazine groups is 1. The molecular formula is C11H22N4O4. The largest absolute Gasteiger partial charge is 0.354 e. The summed E-state index contributed by atoms with van der Waals surface area (Å²) < 4.78 is 9.81. The van der Waals surface area contributed by atoms with Gasteiger partial charge in [-0.15, -0.1) is 0 Å². The van der Waals surface area contributed by atoms with Crippen LogP contribution in [0.25, 0.3) is 0 Å². The molecule has 8 nitrogen and oxygen atoms in total. The van der Waals surface area contributed by atoms with Crippen molar-refractivity contribution in [3.8, 4) is 0 Å². The minimum absolute atomic E-state index is 0.127. The van der Waals surface area contributed by atoms with Gasteiger partial charge in [0.15, 0.2) is 6.29 Å². The maximum absolute atomic E-state index is 11.6. The van der Waals surface area contributed by atoms with Crippen molar-refractivity contribution in [2.24, 2.45) is 0 Å². The maximum atomic E-state index is 11.6. The van der Waals surface area contributed by atoms with Gasteiger partial charge in [0.2, 0.25) is 0 Å². The van der Waals surface area contributed by atoms with Gasteiger partial charge >= 0.3 is 11.8 Å². The summed E-state index contributed by atoms with van der Waals surface area (Å²) >= 11 is 0. The molecule has 19 heavy (non-hydrogen) atoms. The van der Waals surface area contributed by atoms with Crippen molar-refractivity contribution in [1.82, 2.24) is 20.7 Å². The highest BCUT2D eigenvalue weighted by molar-refractivity contribution is 6.34.